The summed E-state index contributed by atoms with van der Waals surface area (Å²) in [6, 6.07) is 16.2. The van der Waals surface area contributed by atoms with Gasteiger partial charge < -0.3 is 9.52 Å². The van der Waals surface area contributed by atoms with Gasteiger partial charge in [0, 0.05) is 67.1 Å². The maximum atomic E-state index is 11.7. The Bertz CT molecular complexity index is 1860. The van der Waals surface area contributed by atoms with Crippen molar-refractivity contribution in [3.05, 3.63) is 90.4 Å². The van der Waals surface area contributed by atoms with Crippen LogP contribution in [0, 0.1) is 23.8 Å². The number of hydrogen-bond acceptors (Lipinski definition) is 6. The van der Waals surface area contributed by atoms with Crippen LogP contribution in [0.1, 0.15) is 99.1 Å². The van der Waals surface area contributed by atoms with Gasteiger partial charge in [-0.15, -0.1) is 29.1 Å². The normalized spacial score (nSPS) is 12.0. The van der Waals surface area contributed by atoms with Crippen molar-refractivity contribution in [2.75, 3.05) is 0 Å². The molecule has 5 aromatic rings. The topological polar surface area (TPSA) is 89.1 Å². The maximum Gasteiger partial charge on any atom is 0.162 e. The maximum absolute atomic E-state index is 11.7. The molecule has 0 atom stereocenters. The monoisotopic (exact) mass is 839 g/mol. The first kappa shape index (κ1) is 39.8. The Hall–Kier alpha value is -3.67. The summed E-state index contributed by atoms with van der Waals surface area (Å²) in [5, 5.41) is 13.1. The minimum absolute atomic E-state index is 0. The van der Waals surface area contributed by atoms with E-state index in [1.54, 1.807) is 6.33 Å². The summed E-state index contributed by atoms with van der Waals surface area (Å²) in [5.41, 5.74) is 6.75. The second kappa shape index (κ2) is 17.8. The number of allylic oxidation sites excluding steroid dienone is 2. The van der Waals surface area contributed by atoms with Crippen molar-refractivity contribution in [2.45, 2.75) is 99.8 Å². The second-order valence-corrected chi connectivity index (χ2v) is 14.1. The van der Waals surface area contributed by atoms with E-state index in [0.29, 0.717) is 5.92 Å². The van der Waals surface area contributed by atoms with Gasteiger partial charge in [-0.3, -0.25) is 14.8 Å². The fourth-order valence-corrected chi connectivity index (χ4v) is 6.20. The summed E-state index contributed by atoms with van der Waals surface area (Å²) in [5.74, 6) is 1.09. The molecule has 0 spiro atoms. The third-order valence-corrected chi connectivity index (χ3v) is 9.07. The van der Waals surface area contributed by atoms with Gasteiger partial charge in [-0.05, 0) is 49.5 Å². The van der Waals surface area contributed by atoms with Crippen molar-refractivity contribution in [3.63, 3.8) is 0 Å². The van der Waals surface area contributed by atoms with Crippen LogP contribution >= 0.6 is 0 Å². The number of ketones is 1. The zero-order valence-electron chi connectivity index (χ0n) is 30.6. The van der Waals surface area contributed by atoms with Crippen molar-refractivity contribution in [3.8, 4) is 22.5 Å². The van der Waals surface area contributed by atoms with E-state index in [0.717, 1.165) is 71.0 Å². The van der Waals surface area contributed by atoms with Crippen LogP contribution in [0.15, 0.2) is 77.6 Å². The number of aliphatic hydroxyl groups is 1. The van der Waals surface area contributed by atoms with Crippen LogP contribution in [0.4, 0.5) is 0 Å². The average Bonchev–Trinajstić information content (AvgIpc) is 3.47. The van der Waals surface area contributed by atoms with Gasteiger partial charge >= 0.3 is 0 Å². The fraction of sp³-hybridized carbons (Fsp3) is 0.429. The molecular formula is C42H52IrN3O3-. The molecule has 0 saturated heterocycles. The molecule has 0 aliphatic carbocycles. The predicted molar refractivity (Wildman–Crippen MR) is 198 cm³/mol. The molecule has 1 radical (unpaired) electrons. The number of benzene rings is 2. The molecule has 1 N–H and O–H groups in total. The average molecular weight is 839 g/mol. The first-order valence-electron chi connectivity index (χ1n) is 17.5. The molecule has 0 aliphatic heterocycles. The van der Waals surface area contributed by atoms with Crippen LogP contribution in [0.3, 0.4) is 0 Å². The molecule has 49 heavy (non-hydrogen) atoms. The van der Waals surface area contributed by atoms with Gasteiger partial charge in [0.15, 0.2) is 5.78 Å². The quantitative estimate of drug-likeness (QED) is 0.0810. The molecule has 0 unspecified atom stereocenters. The van der Waals surface area contributed by atoms with Crippen LogP contribution in [-0.2, 0) is 36.7 Å². The Morgan fingerprint density at radius 2 is 1.57 bits per heavy atom. The van der Waals surface area contributed by atoms with Crippen molar-refractivity contribution < 1.29 is 34.4 Å². The summed E-state index contributed by atoms with van der Waals surface area (Å²) in [4.78, 5) is 25.4. The molecule has 0 bridgehead atoms. The van der Waals surface area contributed by atoms with Crippen LogP contribution < -0.4 is 0 Å². The van der Waals surface area contributed by atoms with E-state index in [9.17, 15) is 9.90 Å². The van der Waals surface area contributed by atoms with Crippen molar-refractivity contribution in [1.82, 2.24) is 15.0 Å². The van der Waals surface area contributed by atoms with E-state index in [4.69, 9.17) is 4.42 Å². The Morgan fingerprint density at radius 1 is 0.918 bits per heavy atom. The first-order valence-corrected chi connectivity index (χ1v) is 17.5. The molecule has 7 heteroatoms. The van der Waals surface area contributed by atoms with E-state index in [1.807, 2.05) is 52.4 Å². The SMILES string of the molecule is CC(C)Cc1coc2c(-c3cc(-c4[c-]c5ccccc5c(C(C)(C)C)c4)ncn3)cncc12.CCC(CC)C(=O)/C=C(\O)C(CC)CC.[Ir]. The fourth-order valence-electron chi connectivity index (χ4n) is 6.20. The van der Waals surface area contributed by atoms with Crippen molar-refractivity contribution in [2.24, 2.45) is 17.8 Å². The summed E-state index contributed by atoms with van der Waals surface area (Å²) in [6.07, 6.45) is 13.0. The van der Waals surface area contributed by atoms with Crippen LogP contribution in [0.25, 0.3) is 44.3 Å². The Kier molecular flexibility index (Phi) is 14.5. The molecule has 0 aliphatic rings. The Labute approximate surface area is 306 Å². The number of fused-ring (bicyclic) bond motifs is 2. The van der Waals surface area contributed by atoms with Gasteiger partial charge in [0.1, 0.15) is 11.9 Å². The minimum atomic E-state index is -0.00416. The van der Waals surface area contributed by atoms with E-state index in [1.165, 1.54) is 22.6 Å². The summed E-state index contributed by atoms with van der Waals surface area (Å²) in [6.45, 7) is 19.2. The van der Waals surface area contributed by atoms with Gasteiger partial charge in [-0.2, -0.15) is 0 Å². The van der Waals surface area contributed by atoms with Gasteiger partial charge in [-0.1, -0.05) is 91.5 Å². The zero-order chi connectivity index (χ0) is 35.0. The number of hydrogen-bond donors (Lipinski definition) is 1. The van der Waals surface area contributed by atoms with Gasteiger partial charge in [0.2, 0.25) is 0 Å². The molecule has 6 nitrogen and oxygen atoms in total. The van der Waals surface area contributed by atoms with Gasteiger partial charge in [0.25, 0.3) is 0 Å². The second-order valence-electron chi connectivity index (χ2n) is 14.1. The number of rotatable bonds is 11. The number of carbonyl (C=O) groups is 1. The van der Waals surface area contributed by atoms with Crippen molar-refractivity contribution in [1.29, 1.82) is 0 Å². The molecule has 5 rings (SSSR count). The number of nitrogens with zero attached hydrogens (tertiary/aromatic N) is 3. The predicted octanol–water partition coefficient (Wildman–Crippen LogP) is 11.3. The van der Waals surface area contributed by atoms with Crippen molar-refractivity contribution >= 4 is 27.5 Å². The largest absolute Gasteiger partial charge is 0.512 e. The summed E-state index contributed by atoms with van der Waals surface area (Å²) in [7, 11) is 0. The molecule has 3 heterocycles. The van der Waals surface area contributed by atoms with Gasteiger partial charge in [-0.25, -0.2) is 4.98 Å². The van der Waals surface area contributed by atoms with E-state index in [2.05, 4.69) is 86.0 Å². The number of pyridine rings is 1. The molecule has 0 saturated carbocycles. The number of aromatic nitrogens is 3. The molecule has 263 valence electrons. The molecule has 2 aromatic carbocycles. The molecule has 0 fully saturated rings. The third-order valence-electron chi connectivity index (χ3n) is 9.07. The van der Waals surface area contributed by atoms with Crippen LogP contribution in [0.2, 0.25) is 0 Å². The van der Waals surface area contributed by atoms with E-state index < -0.39 is 0 Å². The third kappa shape index (κ3) is 9.73. The van der Waals surface area contributed by atoms with E-state index in [-0.39, 0.29) is 48.9 Å². The standard InChI is InChI=1S/C29H28N3O.C13H24O2.Ir/c1-18(2)10-21-16-33-28-23(21)14-30-15-24(28)27-13-26(31-17-32-27)20-11-19-8-6-7-9-22(19)25(12-20)29(3,4)5;1-5-10(6-2)12(14)9-13(15)11(7-3)8-4;/h6-9,12-18H,10H2,1-5H3;9-11,14H,5-8H2,1-4H3;/q-1;;/b;12-9-;. The number of furan rings is 1. The van der Waals surface area contributed by atoms with Gasteiger partial charge in [0.05, 0.1) is 23.3 Å². The van der Waals surface area contributed by atoms with Crippen LogP contribution in [-0.4, -0.2) is 25.8 Å². The Morgan fingerprint density at radius 3 is 2.20 bits per heavy atom. The smallest absolute Gasteiger partial charge is 0.162 e. The summed E-state index contributed by atoms with van der Waals surface area (Å²) >= 11 is 0. The molecular weight excluding hydrogens is 787 g/mol. The summed E-state index contributed by atoms with van der Waals surface area (Å²) < 4.78 is 5.99. The van der Waals surface area contributed by atoms with E-state index >= 15 is 0 Å². The number of aliphatic hydroxyl groups excluding tert-OH is 1. The Balaban J connectivity index is 0.000000347. The first-order chi connectivity index (χ1) is 22.9. The molecule has 0 amide bonds. The van der Waals surface area contributed by atoms with Crippen LogP contribution in [0.5, 0.6) is 0 Å². The zero-order valence-corrected chi connectivity index (χ0v) is 33.0. The minimum Gasteiger partial charge on any atom is -0.512 e. The molecule has 3 aromatic heterocycles. The number of carbonyl (C=O) groups excluding carboxylic acids is 1.